The van der Waals surface area contributed by atoms with Crippen LogP contribution in [-0.2, 0) is 6.54 Å². The molecule has 0 atom stereocenters. The first-order chi connectivity index (χ1) is 12.0. The lowest BCUT2D eigenvalue weighted by molar-refractivity contribution is 0.476. The molecule has 0 fully saturated rings. The van der Waals surface area contributed by atoms with E-state index >= 15 is 0 Å². The molecular formula is C23H27NO. The summed E-state index contributed by atoms with van der Waals surface area (Å²) in [5, 5.41) is 12.4. The van der Waals surface area contributed by atoms with Crippen molar-refractivity contribution in [2.75, 3.05) is 0 Å². The van der Waals surface area contributed by atoms with Crippen molar-refractivity contribution in [1.29, 1.82) is 0 Å². The fourth-order valence-corrected chi connectivity index (χ4v) is 3.34. The first kappa shape index (κ1) is 17.3. The van der Waals surface area contributed by atoms with Gasteiger partial charge in [0.25, 0.3) is 0 Å². The summed E-state index contributed by atoms with van der Waals surface area (Å²) < 4.78 is 2.30. The predicted molar refractivity (Wildman–Crippen MR) is 108 cm³/mol. The Morgan fingerprint density at radius 2 is 1.76 bits per heavy atom. The van der Waals surface area contributed by atoms with Crippen molar-refractivity contribution in [3.8, 4) is 5.75 Å². The van der Waals surface area contributed by atoms with Crippen LogP contribution in [0.15, 0.2) is 59.7 Å². The Morgan fingerprint density at radius 1 is 0.960 bits per heavy atom. The predicted octanol–water partition coefficient (Wildman–Crippen LogP) is 6.50. The lowest BCUT2D eigenvalue weighted by Crippen LogP contribution is -1.95. The van der Waals surface area contributed by atoms with Gasteiger partial charge in [0.2, 0.25) is 0 Å². The quantitative estimate of drug-likeness (QED) is 0.530. The van der Waals surface area contributed by atoms with Gasteiger partial charge in [0.15, 0.2) is 0 Å². The van der Waals surface area contributed by atoms with Crippen LogP contribution in [0.5, 0.6) is 5.75 Å². The minimum Gasteiger partial charge on any atom is -0.508 e. The highest BCUT2D eigenvalue weighted by Gasteiger charge is 2.10. The number of allylic oxidation sites excluding steroid dienone is 4. The molecule has 1 aromatic heterocycles. The average Bonchev–Trinajstić information content (AvgIpc) is 2.84. The van der Waals surface area contributed by atoms with Crippen LogP contribution in [0.2, 0.25) is 0 Å². The summed E-state index contributed by atoms with van der Waals surface area (Å²) in [6.07, 6.45) is 6.78. The highest BCUT2D eigenvalue weighted by atomic mass is 16.3. The summed E-state index contributed by atoms with van der Waals surface area (Å²) in [7, 11) is 0. The molecule has 0 amide bonds. The average molecular weight is 333 g/mol. The number of rotatable bonds is 5. The molecule has 130 valence electrons. The van der Waals surface area contributed by atoms with Gasteiger partial charge in [-0.25, -0.2) is 0 Å². The molecule has 2 heteroatoms. The molecule has 0 saturated carbocycles. The second-order valence-electron chi connectivity index (χ2n) is 7.20. The molecule has 3 rings (SSSR count). The van der Waals surface area contributed by atoms with Crippen molar-refractivity contribution in [1.82, 2.24) is 4.57 Å². The molecule has 0 bridgehead atoms. The maximum Gasteiger partial charge on any atom is 0.117 e. The van der Waals surface area contributed by atoms with Gasteiger partial charge in [-0.15, -0.1) is 0 Å². The highest BCUT2D eigenvalue weighted by Crippen LogP contribution is 2.32. The van der Waals surface area contributed by atoms with Crippen LogP contribution >= 0.6 is 0 Å². The maximum absolute atomic E-state index is 9.94. The van der Waals surface area contributed by atoms with E-state index in [-0.39, 0.29) is 0 Å². The van der Waals surface area contributed by atoms with Gasteiger partial charge in [-0.05, 0) is 64.8 Å². The molecule has 2 nitrogen and oxygen atoms in total. The zero-order valence-corrected chi connectivity index (χ0v) is 15.6. The summed E-state index contributed by atoms with van der Waals surface area (Å²) in [4.78, 5) is 0. The zero-order valence-electron chi connectivity index (χ0n) is 15.6. The van der Waals surface area contributed by atoms with Crippen LogP contribution in [0.3, 0.4) is 0 Å². The summed E-state index contributed by atoms with van der Waals surface area (Å²) in [5.74, 6) is 0.317. The van der Waals surface area contributed by atoms with Crippen LogP contribution in [0, 0.1) is 6.92 Å². The van der Waals surface area contributed by atoms with E-state index < -0.39 is 0 Å². The molecule has 0 radical (unpaired) electrons. The molecule has 0 unspecified atom stereocenters. The van der Waals surface area contributed by atoms with Crippen molar-refractivity contribution in [3.63, 3.8) is 0 Å². The minimum absolute atomic E-state index is 0.317. The van der Waals surface area contributed by atoms with Crippen molar-refractivity contribution in [2.45, 2.75) is 47.1 Å². The molecule has 2 aromatic carbocycles. The third-order valence-corrected chi connectivity index (χ3v) is 4.72. The van der Waals surface area contributed by atoms with Crippen LogP contribution in [-0.4, -0.2) is 9.67 Å². The van der Waals surface area contributed by atoms with Gasteiger partial charge >= 0.3 is 0 Å². The number of aromatic hydroxyl groups is 1. The molecule has 0 aliphatic heterocycles. The van der Waals surface area contributed by atoms with Crippen molar-refractivity contribution >= 4 is 21.8 Å². The molecule has 0 aliphatic rings. The number of hydrogen-bond donors (Lipinski definition) is 1. The minimum atomic E-state index is 0.317. The standard InChI is InChI=1S/C23H27NO/c1-16(2)6-5-7-17(3)12-13-24-22-11-8-18(4)14-21(22)20-10-9-19(25)15-23(20)24/h6,8-12,14-15,25H,5,7,13H2,1-4H3. The molecule has 1 N–H and O–H groups in total. The van der Waals surface area contributed by atoms with Crippen LogP contribution < -0.4 is 0 Å². The van der Waals surface area contributed by atoms with Crippen LogP contribution in [0.1, 0.15) is 39.2 Å². The Labute approximate surface area is 150 Å². The van der Waals surface area contributed by atoms with Crippen LogP contribution in [0.4, 0.5) is 0 Å². The van der Waals surface area contributed by atoms with E-state index in [4.69, 9.17) is 0 Å². The van der Waals surface area contributed by atoms with E-state index in [0.717, 1.165) is 24.9 Å². The van der Waals surface area contributed by atoms with Gasteiger partial charge in [0.05, 0.1) is 5.52 Å². The fraction of sp³-hybridized carbons (Fsp3) is 0.304. The van der Waals surface area contributed by atoms with Gasteiger partial charge in [0.1, 0.15) is 5.75 Å². The number of benzene rings is 2. The van der Waals surface area contributed by atoms with E-state index in [0.29, 0.717) is 5.75 Å². The summed E-state index contributed by atoms with van der Waals surface area (Å²) in [6.45, 7) is 9.44. The van der Waals surface area contributed by atoms with Gasteiger partial charge in [0, 0.05) is 28.9 Å². The number of aromatic nitrogens is 1. The number of phenols is 1. The van der Waals surface area contributed by atoms with Gasteiger partial charge in [-0.3, -0.25) is 0 Å². The third-order valence-electron chi connectivity index (χ3n) is 4.72. The van der Waals surface area contributed by atoms with E-state index in [1.54, 1.807) is 6.07 Å². The molecule has 0 spiro atoms. The summed E-state index contributed by atoms with van der Waals surface area (Å²) in [6, 6.07) is 12.2. The SMILES string of the molecule is CC(C)=CCCC(C)=CCn1c2ccc(C)cc2c2ccc(O)cc21. The van der Waals surface area contributed by atoms with E-state index in [1.165, 1.54) is 33.0 Å². The lowest BCUT2D eigenvalue weighted by Gasteiger charge is -2.06. The molecule has 0 saturated heterocycles. The number of phenolic OH excluding ortho intramolecular Hbond substituents is 1. The molecule has 1 heterocycles. The largest absolute Gasteiger partial charge is 0.508 e. The Hall–Kier alpha value is -2.48. The zero-order chi connectivity index (χ0) is 18.0. The van der Waals surface area contributed by atoms with Crippen molar-refractivity contribution in [2.24, 2.45) is 0 Å². The number of aryl methyl sites for hydroxylation is 1. The first-order valence-corrected chi connectivity index (χ1v) is 8.96. The van der Waals surface area contributed by atoms with Crippen molar-refractivity contribution < 1.29 is 5.11 Å². The summed E-state index contributed by atoms with van der Waals surface area (Å²) in [5.41, 5.74) is 6.35. The maximum atomic E-state index is 9.94. The Morgan fingerprint density at radius 3 is 2.52 bits per heavy atom. The van der Waals surface area contributed by atoms with Gasteiger partial charge < -0.3 is 9.67 Å². The first-order valence-electron chi connectivity index (χ1n) is 8.96. The summed E-state index contributed by atoms with van der Waals surface area (Å²) >= 11 is 0. The molecule has 25 heavy (non-hydrogen) atoms. The van der Waals surface area contributed by atoms with E-state index in [1.807, 2.05) is 12.1 Å². The second-order valence-corrected chi connectivity index (χ2v) is 7.20. The van der Waals surface area contributed by atoms with Crippen LogP contribution in [0.25, 0.3) is 21.8 Å². The Bertz CT molecular complexity index is 969. The van der Waals surface area contributed by atoms with E-state index in [2.05, 4.69) is 62.6 Å². The second kappa shape index (κ2) is 7.18. The molecule has 3 aromatic rings. The number of hydrogen-bond acceptors (Lipinski definition) is 1. The molecular weight excluding hydrogens is 306 g/mol. The smallest absolute Gasteiger partial charge is 0.117 e. The third kappa shape index (κ3) is 3.79. The fourth-order valence-electron chi connectivity index (χ4n) is 3.34. The lowest BCUT2D eigenvalue weighted by atomic mass is 10.1. The topological polar surface area (TPSA) is 25.2 Å². The Kier molecular flexibility index (Phi) is 4.98. The molecule has 0 aliphatic carbocycles. The number of fused-ring (bicyclic) bond motifs is 3. The van der Waals surface area contributed by atoms with Crippen molar-refractivity contribution in [3.05, 3.63) is 65.3 Å². The highest BCUT2D eigenvalue weighted by molar-refractivity contribution is 6.08. The van der Waals surface area contributed by atoms with Gasteiger partial charge in [-0.2, -0.15) is 0 Å². The number of nitrogens with zero attached hydrogens (tertiary/aromatic N) is 1. The van der Waals surface area contributed by atoms with E-state index in [9.17, 15) is 5.11 Å². The normalized spacial score (nSPS) is 12.1. The Balaban J connectivity index is 1.99. The van der Waals surface area contributed by atoms with Gasteiger partial charge in [-0.1, -0.05) is 34.9 Å². The monoisotopic (exact) mass is 333 g/mol.